The van der Waals surface area contributed by atoms with E-state index in [-0.39, 0.29) is 9.45 Å². The fourth-order valence-electron chi connectivity index (χ4n) is 0.342. The Balaban J connectivity index is 3.46. The van der Waals surface area contributed by atoms with Crippen molar-refractivity contribution < 1.29 is 0 Å². The van der Waals surface area contributed by atoms with Crippen LogP contribution >= 0.6 is 11.8 Å². The number of hydrogen-bond acceptors (Lipinski definition) is 2. The van der Waals surface area contributed by atoms with Crippen LogP contribution in [0.5, 0.6) is 0 Å². The van der Waals surface area contributed by atoms with E-state index >= 15 is 0 Å². The van der Waals surface area contributed by atoms with Gasteiger partial charge in [-0.25, -0.2) is 0 Å². The van der Waals surface area contributed by atoms with E-state index in [1.165, 1.54) is 0 Å². The summed E-state index contributed by atoms with van der Waals surface area (Å²) in [5.74, 6) is 1.15. The molecule has 0 saturated heterocycles. The first-order valence-corrected chi connectivity index (χ1v) is 6.29. The topological polar surface area (TPSA) is 0 Å². The highest BCUT2D eigenvalue weighted by molar-refractivity contribution is 8.34. The molecule has 0 rings (SSSR count). The SMILES string of the molecule is CCS(=S)C(C)SC. The Bertz CT molecular complexity index is 79.7. The van der Waals surface area contributed by atoms with Crippen molar-refractivity contribution in [3.05, 3.63) is 0 Å². The molecule has 0 aromatic heterocycles. The highest BCUT2D eigenvalue weighted by atomic mass is 32.8. The van der Waals surface area contributed by atoms with E-state index in [4.69, 9.17) is 11.2 Å². The Kier molecular flexibility index (Phi) is 5.31. The van der Waals surface area contributed by atoms with Gasteiger partial charge in [-0.05, 0) is 18.9 Å². The lowest BCUT2D eigenvalue weighted by Gasteiger charge is -2.07. The van der Waals surface area contributed by atoms with E-state index in [1.54, 1.807) is 0 Å². The zero-order valence-corrected chi connectivity index (χ0v) is 7.96. The van der Waals surface area contributed by atoms with Crippen molar-refractivity contribution in [3.8, 4) is 0 Å². The monoisotopic (exact) mass is 168 g/mol. The molecule has 0 heterocycles. The van der Waals surface area contributed by atoms with E-state index in [0.717, 1.165) is 5.75 Å². The minimum absolute atomic E-state index is 0.225. The maximum atomic E-state index is 5.17. The molecule has 0 aliphatic heterocycles. The second-order valence-electron chi connectivity index (χ2n) is 1.47. The lowest BCUT2D eigenvalue weighted by molar-refractivity contribution is 1.39. The molecule has 0 spiro atoms. The second-order valence-corrected chi connectivity index (χ2v) is 6.28. The maximum Gasteiger partial charge on any atom is 0.0517 e. The largest absolute Gasteiger partial charge is 0.151 e. The maximum absolute atomic E-state index is 5.17. The van der Waals surface area contributed by atoms with Gasteiger partial charge >= 0.3 is 0 Å². The van der Waals surface area contributed by atoms with Gasteiger partial charge in [0.1, 0.15) is 0 Å². The molecule has 0 aliphatic carbocycles. The minimum atomic E-state index is 0.225. The molecular formula is C5H12S3. The molecule has 0 aromatic rings. The van der Waals surface area contributed by atoms with Crippen LogP contribution < -0.4 is 0 Å². The van der Waals surface area contributed by atoms with Gasteiger partial charge in [-0.1, -0.05) is 18.1 Å². The van der Waals surface area contributed by atoms with Crippen molar-refractivity contribution in [2.45, 2.75) is 18.4 Å². The van der Waals surface area contributed by atoms with Crippen LogP contribution in [0.3, 0.4) is 0 Å². The quantitative estimate of drug-likeness (QED) is 0.630. The van der Waals surface area contributed by atoms with Crippen molar-refractivity contribution >= 4 is 32.4 Å². The van der Waals surface area contributed by atoms with Crippen molar-refractivity contribution in [1.82, 2.24) is 0 Å². The third-order valence-electron chi connectivity index (χ3n) is 0.987. The van der Waals surface area contributed by atoms with Gasteiger partial charge in [-0.15, -0.1) is 9.45 Å². The molecule has 0 aromatic carbocycles. The first kappa shape index (κ1) is 8.92. The van der Waals surface area contributed by atoms with E-state index in [9.17, 15) is 0 Å². The van der Waals surface area contributed by atoms with E-state index in [0.29, 0.717) is 4.58 Å². The van der Waals surface area contributed by atoms with Gasteiger partial charge in [0.15, 0.2) is 0 Å². The molecule has 2 atom stereocenters. The Morgan fingerprint density at radius 2 is 2.25 bits per heavy atom. The van der Waals surface area contributed by atoms with Gasteiger partial charge in [0, 0.05) is 0 Å². The van der Waals surface area contributed by atoms with Crippen LogP contribution in [0.25, 0.3) is 0 Å². The first-order chi connectivity index (χ1) is 3.72. The second kappa shape index (κ2) is 4.77. The van der Waals surface area contributed by atoms with Crippen LogP contribution in [0.1, 0.15) is 13.8 Å². The summed E-state index contributed by atoms with van der Waals surface area (Å²) in [6, 6.07) is 0. The highest BCUT2D eigenvalue weighted by Crippen LogP contribution is 2.09. The molecule has 0 aliphatic rings. The summed E-state index contributed by atoms with van der Waals surface area (Å²) >= 11 is 7.03. The first-order valence-electron chi connectivity index (χ1n) is 2.62. The molecule has 0 saturated carbocycles. The minimum Gasteiger partial charge on any atom is -0.151 e. The van der Waals surface area contributed by atoms with Crippen LogP contribution in [-0.4, -0.2) is 16.6 Å². The van der Waals surface area contributed by atoms with Crippen LogP contribution in [0, 0.1) is 0 Å². The Morgan fingerprint density at radius 1 is 1.75 bits per heavy atom. The predicted molar refractivity (Wildman–Crippen MR) is 48.2 cm³/mol. The Hall–Kier alpha value is 0.920. The molecule has 2 unspecified atom stereocenters. The Labute approximate surface area is 63.0 Å². The molecule has 0 N–H and O–H groups in total. The molecule has 50 valence electrons. The van der Waals surface area contributed by atoms with Crippen molar-refractivity contribution in [2.24, 2.45) is 0 Å². The van der Waals surface area contributed by atoms with Crippen molar-refractivity contribution in [2.75, 3.05) is 12.0 Å². The molecule has 0 amide bonds. The summed E-state index contributed by atoms with van der Waals surface area (Å²) < 4.78 is 0.676. The highest BCUT2D eigenvalue weighted by Gasteiger charge is 1.99. The van der Waals surface area contributed by atoms with Gasteiger partial charge in [0.05, 0.1) is 4.58 Å². The van der Waals surface area contributed by atoms with Crippen LogP contribution in [0.4, 0.5) is 0 Å². The fourth-order valence-corrected chi connectivity index (χ4v) is 2.79. The zero-order chi connectivity index (χ0) is 6.57. The lowest BCUT2D eigenvalue weighted by atomic mass is 10.9. The van der Waals surface area contributed by atoms with Gasteiger partial charge in [-0.3, -0.25) is 0 Å². The van der Waals surface area contributed by atoms with Gasteiger partial charge in [-0.2, -0.15) is 11.8 Å². The van der Waals surface area contributed by atoms with Gasteiger partial charge < -0.3 is 0 Å². The number of rotatable bonds is 3. The van der Waals surface area contributed by atoms with Crippen LogP contribution in [0.15, 0.2) is 0 Å². The van der Waals surface area contributed by atoms with Crippen LogP contribution in [0.2, 0.25) is 0 Å². The van der Waals surface area contributed by atoms with Crippen LogP contribution in [-0.2, 0) is 20.6 Å². The molecule has 0 radical (unpaired) electrons. The van der Waals surface area contributed by atoms with Gasteiger partial charge in [0.2, 0.25) is 0 Å². The third kappa shape index (κ3) is 3.05. The van der Waals surface area contributed by atoms with E-state index in [1.807, 2.05) is 11.8 Å². The number of hydrogen-bond donors (Lipinski definition) is 0. The molecule has 0 fully saturated rings. The molecule has 0 bridgehead atoms. The predicted octanol–water partition coefficient (Wildman–Crippen LogP) is 1.80. The molecule has 8 heavy (non-hydrogen) atoms. The van der Waals surface area contributed by atoms with E-state index in [2.05, 4.69) is 20.1 Å². The normalized spacial score (nSPS) is 17.9. The zero-order valence-electron chi connectivity index (χ0n) is 5.51. The van der Waals surface area contributed by atoms with E-state index < -0.39 is 0 Å². The summed E-state index contributed by atoms with van der Waals surface area (Å²) in [6.45, 7) is 4.35. The summed E-state index contributed by atoms with van der Waals surface area (Å²) in [4.78, 5) is 0. The number of thioether (sulfide) groups is 1. The average molecular weight is 168 g/mol. The molecular weight excluding hydrogens is 156 g/mol. The van der Waals surface area contributed by atoms with Gasteiger partial charge in [0.25, 0.3) is 0 Å². The Morgan fingerprint density at radius 3 is 2.38 bits per heavy atom. The van der Waals surface area contributed by atoms with Crippen molar-refractivity contribution in [1.29, 1.82) is 0 Å². The third-order valence-corrected chi connectivity index (χ3v) is 6.17. The molecule has 3 heteroatoms. The summed E-state index contributed by atoms with van der Waals surface area (Å²) in [5.41, 5.74) is 0. The average Bonchev–Trinajstić information content (AvgIpc) is 1.84. The smallest absolute Gasteiger partial charge is 0.0517 e. The lowest BCUT2D eigenvalue weighted by Crippen LogP contribution is -2.05. The summed E-state index contributed by atoms with van der Waals surface area (Å²) in [6.07, 6.45) is 2.12. The summed E-state index contributed by atoms with van der Waals surface area (Å²) in [7, 11) is 0.225. The molecule has 0 nitrogen and oxygen atoms in total. The fraction of sp³-hybridized carbons (Fsp3) is 1.00. The standard InChI is InChI=1S/C5H12S3/c1-4-8(6)5(2)7-3/h5H,4H2,1-3H3. The van der Waals surface area contributed by atoms with Crippen molar-refractivity contribution in [3.63, 3.8) is 0 Å². The summed E-state index contributed by atoms with van der Waals surface area (Å²) in [5, 5.41) is 0.